The van der Waals surface area contributed by atoms with E-state index in [4.69, 9.17) is 11.6 Å². The van der Waals surface area contributed by atoms with Gasteiger partial charge in [0.2, 0.25) is 5.69 Å². The number of aryl methyl sites for hydroxylation is 2. The highest BCUT2D eigenvalue weighted by molar-refractivity contribution is 6.30. The molecule has 3 heteroatoms. The molecule has 0 spiro atoms. The summed E-state index contributed by atoms with van der Waals surface area (Å²) in [6, 6.07) is 33.2. The van der Waals surface area contributed by atoms with Crippen LogP contribution in [0.1, 0.15) is 46.2 Å². The van der Waals surface area contributed by atoms with Crippen molar-refractivity contribution in [3.63, 3.8) is 0 Å². The second-order valence-corrected chi connectivity index (χ2v) is 12.2. The Morgan fingerprint density at radius 2 is 1.38 bits per heavy atom. The van der Waals surface area contributed by atoms with E-state index in [0.29, 0.717) is 0 Å². The molecule has 0 aromatic heterocycles. The number of hydrogen-bond donors (Lipinski definition) is 0. The van der Waals surface area contributed by atoms with Crippen molar-refractivity contribution in [2.24, 2.45) is 0 Å². The molecule has 7 rings (SSSR count). The zero-order valence-electron chi connectivity index (χ0n) is 23.2. The first-order chi connectivity index (χ1) is 19.6. The predicted octanol–water partition coefficient (Wildman–Crippen LogP) is 8.20. The third-order valence-electron chi connectivity index (χ3n) is 9.17. The van der Waals surface area contributed by atoms with E-state index in [0.717, 1.165) is 17.9 Å². The number of fused-ring (bicyclic) bond motifs is 1. The topological polar surface area (TPSA) is 6.25 Å². The van der Waals surface area contributed by atoms with Crippen molar-refractivity contribution in [3.05, 3.63) is 135 Å². The first-order valence-electron chi connectivity index (χ1n) is 14.7. The van der Waals surface area contributed by atoms with E-state index in [1.807, 2.05) is 6.07 Å². The van der Waals surface area contributed by atoms with E-state index in [1.165, 1.54) is 89.2 Å². The molecule has 2 nitrogen and oxygen atoms in total. The van der Waals surface area contributed by atoms with Crippen molar-refractivity contribution in [2.75, 3.05) is 25.0 Å². The highest BCUT2D eigenvalue weighted by Gasteiger charge is 2.50. The van der Waals surface area contributed by atoms with Crippen LogP contribution >= 0.6 is 11.6 Å². The normalized spacial score (nSPS) is 17.3. The van der Waals surface area contributed by atoms with Gasteiger partial charge in [-0.3, -0.25) is 0 Å². The molecule has 200 valence electrons. The summed E-state index contributed by atoms with van der Waals surface area (Å²) in [5.74, 6) is 0. The van der Waals surface area contributed by atoms with Crippen LogP contribution < -0.4 is 4.90 Å². The van der Waals surface area contributed by atoms with Gasteiger partial charge in [0.05, 0.1) is 5.41 Å². The van der Waals surface area contributed by atoms with Gasteiger partial charge in [0.1, 0.15) is 7.05 Å². The van der Waals surface area contributed by atoms with E-state index < -0.39 is 0 Å². The van der Waals surface area contributed by atoms with E-state index in [-0.39, 0.29) is 5.41 Å². The average molecular weight is 544 g/mol. The van der Waals surface area contributed by atoms with Crippen molar-refractivity contribution >= 4 is 34.8 Å². The molecule has 3 heterocycles. The minimum atomic E-state index is -0.243. The lowest BCUT2D eigenvalue weighted by molar-refractivity contribution is -0.401. The van der Waals surface area contributed by atoms with Gasteiger partial charge in [-0.15, -0.1) is 0 Å². The van der Waals surface area contributed by atoms with Crippen molar-refractivity contribution in [1.82, 2.24) is 0 Å². The van der Waals surface area contributed by atoms with Gasteiger partial charge in [-0.25, -0.2) is 0 Å². The van der Waals surface area contributed by atoms with Crippen LogP contribution in [-0.4, -0.2) is 30.4 Å². The predicted molar refractivity (Wildman–Crippen MR) is 169 cm³/mol. The van der Waals surface area contributed by atoms with Crippen molar-refractivity contribution in [1.29, 1.82) is 0 Å². The molecule has 0 atom stereocenters. The van der Waals surface area contributed by atoms with E-state index in [2.05, 4.69) is 114 Å². The van der Waals surface area contributed by atoms with Crippen LogP contribution in [0.2, 0.25) is 5.02 Å². The maximum atomic E-state index is 6.69. The molecule has 0 saturated carbocycles. The third-order valence-corrected chi connectivity index (χ3v) is 9.41. The van der Waals surface area contributed by atoms with Gasteiger partial charge in [0.15, 0.2) is 5.71 Å². The minimum absolute atomic E-state index is 0.243. The van der Waals surface area contributed by atoms with Crippen LogP contribution in [0.3, 0.4) is 0 Å². The van der Waals surface area contributed by atoms with Crippen LogP contribution in [0.4, 0.5) is 11.4 Å². The molecule has 3 aliphatic rings. The number of nitrogens with zero attached hydrogens (tertiary/aromatic N) is 2. The van der Waals surface area contributed by atoms with Gasteiger partial charge >= 0.3 is 0 Å². The summed E-state index contributed by atoms with van der Waals surface area (Å²) in [6.45, 7) is 2.42. The molecule has 40 heavy (non-hydrogen) atoms. The first-order valence-corrected chi connectivity index (χ1v) is 15.1. The van der Waals surface area contributed by atoms with E-state index in [1.54, 1.807) is 0 Å². The Labute approximate surface area is 243 Å². The highest BCUT2D eigenvalue weighted by Crippen LogP contribution is 2.46. The highest BCUT2D eigenvalue weighted by atomic mass is 35.5. The number of allylic oxidation sites excluding steroid dienone is 1. The summed E-state index contributed by atoms with van der Waals surface area (Å²) in [6.07, 6.45) is 11.5. The first kappa shape index (κ1) is 25.4. The Morgan fingerprint density at radius 1 is 0.775 bits per heavy atom. The molecular formula is C37H36ClN2+. The number of anilines is 1. The van der Waals surface area contributed by atoms with Crippen molar-refractivity contribution < 1.29 is 4.58 Å². The molecule has 0 unspecified atom stereocenters. The van der Waals surface area contributed by atoms with Crippen LogP contribution in [0, 0.1) is 0 Å². The summed E-state index contributed by atoms with van der Waals surface area (Å²) in [5.41, 5.74) is 12.2. The number of rotatable bonds is 6. The zero-order chi connectivity index (χ0) is 27.1. The second kappa shape index (κ2) is 10.4. The summed E-state index contributed by atoms with van der Waals surface area (Å²) in [5, 5.41) is 0.793. The third kappa shape index (κ3) is 4.49. The molecule has 0 amide bonds. The SMILES string of the molecule is C[N+]1=C(/C=C/c2cc3c4c(c2)CCCN4CCC3)C(Cc2ccccc2)(Cc2ccccc2)c2cc(Cl)ccc21. The summed E-state index contributed by atoms with van der Waals surface area (Å²) < 4.78 is 2.40. The van der Waals surface area contributed by atoms with Gasteiger partial charge in [-0.1, -0.05) is 72.3 Å². The van der Waals surface area contributed by atoms with Gasteiger partial charge in [0, 0.05) is 41.5 Å². The second-order valence-electron chi connectivity index (χ2n) is 11.7. The molecule has 0 bridgehead atoms. The summed E-state index contributed by atoms with van der Waals surface area (Å²) in [4.78, 5) is 2.62. The van der Waals surface area contributed by atoms with E-state index >= 15 is 0 Å². The maximum absolute atomic E-state index is 6.69. The van der Waals surface area contributed by atoms with Crippen molar-refractivity contribution in [2.45, 2.75) is 43.9 Å². The van der Waals surface area contributed by atoms with Gasteiger partial charge in [0.25, 0.3) is 0 Å². The zero-order valence-corrected chi connectivity index (χ0v) is 24.0. The quantitative estimate of drug-likeness (QED) is 0.222. The number of hydrogen-bond acceptors (Lipinski definition) is 1. The molecule has 0 radical (unpaired) electrons. The molecule has 4 aromatic rings. The summed E-state index contributed by atoms with van der Waals surface area (Å²) >= 11 is 6.69. The smallest absolute Gasteiger partial charge is 0.209 e. The van der Waals surface area contributed by atoms with Gasteiger partial charge in [-0.05, 0) is 96.7 Å². The fourth-order valence-corrected chi connectivity index (χ4v) is 7.64. The number of benzene rings is 4. The fraction of sp³-hybridized carbons (Fsp3) is 0.270. The van der Waals surface area contributed by atoms with Gasteiger partial charge in [-0.2, -0.15) is 4.58 Å². The summed E-state index contributed by atoms with van der Waals surface area (Å²) in [7, 11) is 2.22. The lowest BCUT2D eigenvalue weighted by Crippen LogP contribution is -2.39. The Balaban J connectivity index is 1.37. The van der Waals surface area contributed by atoms with Crippen LogP contribution in [0.15, 0.2) is 97.1 Å². The van der Waals surface area contributed by atoms with Crippen LogP contribution in [0.25, 0.3) is 6.08 Å². The van der Waals surface area contributed by atoms with E-state index in [9.17, 15) is 0 Å². The Hall–Kier alpha value is -3.62. The lowest BCUT2D eigenvalue weighted by Gasteiger charge is -2.37. The Bertz CT molecular complexity index is 1540. The van der Waals surface area contributed by atoms with Crippen LogP contribution in [0.5, 0.6) is 0 Å². The standard InChI is InChI=1S/C37H36ClN2/c1-39-34-18-17-32(38)24-33(34)37(25-27-10-4-2-5-11-27,26-28-12-6-3-7-13-28)35(39)19-16-29-22-30-14-8-20-40-21-9-15-31(23-29)36(30)40/h2-7,10-13,16-19,22-24H,8-9,14-15,20-21,25-26H2,1H3/q+1. The largest absolute Gasteiger partial charge is 0.371 e. The van der Waals surface area contributed by atoms with Crippen LogP contribution in [-0.2, 0) is 31.1 Å². The Kier molecular flexibility index (Phi) is 6.60. The monoisotopic (exact) mass is 543 g/mol. The maximum Gasteiger partial charge on any atom is 0.209 e. The molecule has 3 aliphatic heterocycles. The molecule has 0 N–H and O–H groups in total. The lowest BCUT2D eigenvalue weighted by atomic mass is 9.69. The molecule has 0 aliphatic carbocycles. The minimum Gasteiger partial charge on any atom is -0.371 e. The van der Waals surface area contributed by atoms with Gasteiger partial charge < -0.3 is 4.90 Å². The average Bonchev–Trinajstić information content (AvgIpc) is 3.19. The molecule has 0 saturated heterocycles. The molecular weight excluding hydrogens is 508 g/mol. The molecule has 4 aromatic carbocycles. The Morgan fingerprint density at radius 3 is 1.98 bits per heavy atom. The number of halogens is 1. The molecule has 0 fully saturated rings. The fourth-order valence-electron chi connectivity index (χ4n) is 7.47. The van der Waals surface area contributed by atoms with Crippen molar-refractivity contribution in [3.8, 4) is 0 Å².